The summed E-state index contributed by atoms with van der Waals surface area (Å²) in [5.74, 6) is 0.140. The van der Waals surface area contributed by atoms with Gasteiger partial charge in [-0.2, -0.15) is 5.10 Å². The lowest BCUT2D eigenvalue weighted by Crippen LogP contribution is -2.11. The molecule has 0 fully saturated rings. The Bertz CT molecular complexity index is 602. The molecule has 5 heteroatoms. The first kappa shape index (κ1) is 13.1. The number of ether oxygens (including phenoxy) is 1. The van der Waals surface area contributed by atoms with Crippen LogP contribution < -0.4 is 10.5 Å². The highest BCUT2D eigenvalue weighted by molar-refractivity contribution is 5.94. The lowest BCUT2D eigenvalue weighted by molar-refractivity contribution is 0.1000. The molecule has 0 saturated heterocycles. The minimum atomic E-state index is -0.470. The van der Waals surface area contributed by atoms with Crippen LogP contribution in [0.4, 0.5) is 0 Å². The van der Waals surface area contributed by atoms with Crippen molar-refractivity contribution < 1.29 is 9.53 Å². The van der Waals surface area contributed by atoms with Crippen LogP contribution in [0.1, 0.15) is 30.2 Å². The monoisotopic (exact) mass is 259 g/mol. The number of nitrogens with two attached hydrogens (primary N) is 1. The van der Waals surface area contributed by atoms with E-state index in [9.17, 15) is 4.79 Å². The standard InChI is InChI=1S/C14H17N3O2/c1-9(2)17-12(6-7-16-17)11-5-4-10(14(15)18)8-13(11)19-3/h4-9H,1-3H3,(H2,15,18). The summed E-state index contributed by atoms with van der Waals surface area (Å²) in [7, 11) is 1.57. The van der Waals surface area contributed by atoms with Crippen molar-refractivity contribution >= 4 is 5.91 Å². The van der Waals surface area contributed by atoms with Crippen LogP contribution in [0.25, 0.3) is 11.3 Å². The van der Waals surface area contributed by atoms with Gasteiger partial charge in [0.1, 0.15) is 5.75 Å². The van der Waals surface area contributed by atoms with Crippen LogP contribution in [0.3, 0.4) is 0 Å². The summed E-state index contributed by atoms with van der Waals surface area (Å²) in [5.41, 5.74) is 7.53. The normalized spacial score (nSPS) is 10.7. The molecule has 2 aromatic rings. The van der Waals surface area contributed by atoms with Crippen LogP contribution in [-0.2, 0) is 0 Å². The number of carbonyl (C=O) groups excluding carboxylic acids is 1. The molecule has 19 heavy (non-hydrogen) atoms. The molecule has 2 N–H and O–H groups in total. The van der Waals surface area contributed by atoms with E-state index >= 15 is 0 Å². The molecule has 0 saturated carbocycles. The zero-order valence-corrected chi connectivity index (χ0v) is 11.3. The van der Waals surface area contributed by atoms with Gasteiger partial charge in [-0.15, -0.1) is 0 Å². The smallest absolute Gasteiger partial charge is 0.248 e. The lowest BCUT2D eigenvalue weighted by Gasteiger charge is -2.14. The van der Waals surface area contributed by atoms with Gasteiger partial charge in [0.15, 0.2) is 0 Å². The molecule has 100 valence electrons. The number of methoxy groups -OCH3 is 1. The molecule has 0 atom stereocenters. The average Bonchev–Trinajstić information content (AvgIpc) is 2.87. The molecule has 1 aromatic carbocycles. The predicted octanol–water partition coefficient (Wildman–Crippen LogP) is 2.24. The molecular weight excluding hydrogens is 242 g/mol. The molecule has 2 rings (SSSR count). The minimum Gasteiger partial charge on any atom is -0.496 e. The number of nitrogens with zero attached hydrogens (tertiary/aromatic N) is 2. The molecule has 0 spiro atoms. The first-order valence-corrected chi connectivity index (χ1v) is 6.06. The van der Waals surface area contributed by atoms with Gasteiger partial charge >= 0.3 is 0 Å². The van der Waals surface area contributed by atoms with Crippen LogP contribution in [0.15, 0.2) is 30.5 Å². The number of hydrogen-bond donors (Lipinski definition) is 1. The van der Waals surface area contributed by atoms with Crippen molar-refractivity contribution in [3.05, 3.63) is 36.0 Å². The Balaban J connectivity index is 2.56. The fraction of sp³-hybridized carbons (Fsp3) is 0.286. The number of carbonyl (C=O) groups is 1. The van der Waals surface area contributed by atoms with E-state index in [4.69, 9.17) is 10.5 Å². The maximum Gasteiger partial charge on any atom is 0.248 e. The highest BCUT2D eigenvalue weighted by Gasteiger charge is 2.14. The summed E-state index contributed by atoms with van der Waals surface area (Å²) in [5, 5.41) is 4.29. The van der Waals surface area contributed by atoms with Gasteiger partial charge in [-0.05, 0) is 38.1 Å². The van der Waals surface area contributed by atoms with E-state index in [0.29, 0.717) is 11.3 Å². The van der Waals surface area contributed by atoms with Crippen molar-refractivity contribution in [1.29, 1.82) is 0 Å². The van der Waals surface area contributed by atoms with E-state index in [-0.39, 0.29) is 6.04 Å². The summed E-state index contributed by atoms with van der Waals surface area (Å²) >= 11 is 0. The Morgan fingerprint density at radius 1 is 1.37 bits per heavy atom. The van der Waals surface area contributed by atoms with E-state index in [2.05, 4.69) is 18.9 Å². The SMILES string of the molecule is COc1cc(C(N)=O)ccc1-c1ccnn1C(C)C. The molecular formula is C14H17N3O2. The molecule has 1 amide bonds. The van der Waals surface area contributed by atoms with E-state index in [1.807, 2.05) is 16.8 Å². The van der Waals surface area contributed by atoms with Gasteiger partial charge < -0.3 is 10.5 Å². The van der Waals surface area contributed by atoms with Crippen molar-refractivity contribution in [2.45, 2.75) is 19.9 Å². The number of amides is 1. The molecule has 0 aliphatic carbocycles. The third-order valence-electron chi connectivity index (χ3n) is 2.92. The van der Waals surface area contributed by atoms with Crippen molar-refractivity contribution in [2.75, 3.05) is 7.11 Å². The molecule has 0 bridgehead atoms. The molecule has 5 nitrogen and oxygen atoms in total. The quantitative estimate of drug-likeness (QED) is 0.915. The fourth-order valence-corrected chi connectivity index (χ4v) is 2.00. The van der Waals surface area contributed by atoms with Crippen LogP contribution in [-0.4, -0.2) is 22.8 Å². The third-order valence-corrected chi connectivity index (χ3v) is 2.92. The van der Waals surface area contributed by atoms with Crippen LogP contribution in [0.2, 0.25) is 0 Å². The summed E-state index contributed by atoms with van der Waals surface area (Å²) < 4.78 is 7.25. The predicted molar refractivity (Wildman–Crippen MR) is 73.1 cm³/mol. The first-order chi connectivity index (χ1) is 9.04. The van der Waals surface area contributed by atoms with Crippen LogP contribution in [0.5, 0.6) is 5.75 Å². The molecule has 0 aliphatic rings. The molecule has 1 heterocycles. The maximum absolute atomic E-state index is 11.2. The second-order valence-corrected chi connectivity index (χ2v) is 4.53. The molecule has 1 aromatic heterocycles. The van der Waals surface area contributed by atoms with Crippen molar-refractivity contribution in [1.82, 2.24) is 9.78 Å². The summed E-state index contributed by atoms with van der Waals surface area (Å²) in [6.45, 7) is 4.11. The van der Waals surface area contributed by atoms with Gasteiger partial charge in [0, 0.05) is 23.4 Å². The van der Waals surface area contributed by atoms with Crippen LogP contribution in [0, 0.1) is 0 Å². The van der Waals surface area contributed by atoms with E-state index < -0.39 is 5.91 Å². The minimum absolute atomic E-state index is 0.241. The molecule has 0 aliphatic heterocycles. The highest BCUT2D eigenvalue weighted by atomic mass is 16.5. The first-order valence-electron chi connectivity index (χ1n) is 6.06. The number of aromatic nitrogens is 2. The van der Waals surface area contributed by atoms with Gasteiger partial charge in [-0.3, -0.25) is 9.48 Å². The second-order valence-electron chi connectivity index (χ2n) is 4.53. The van der Waals surface area contributed by atoms with Gasteiger partial charge in [0.2, 0.25) is 5.91 Å². The Kier molecular flexibility index (Phi) is 3.55. The molecule has 0 unspecified atom stereocenters. The Labute approximate surface area is 112 Å². The summed E-state index contributed by atoms with van der Waals surface area (Å²) in [6, 6.07) is 7.33. The number of benzene rings is 1. The highest BCUT2D eigenvalue weighted by Crippen LogP contribution is 2.31. The largest absolute Gasteiger partial charge is 0.496 e. The van der Waals surface area contributed by atoms with Gasteiger partial charge in [0.25, 0.3) is 0 Å². The van der Waals surface area contributed by atoms with E-state index in [0.717, 1.165) is 11.3 Å². The zero-order valence-electron chi connectivity index (χ0n) is 11.3. The van der Waals surface area contributed by atoms with Gasteiger partial charge in [-0.25, -0.2) is 0 Å². The average molecular weight is 259 g/mol. The number of rotatable bonds is 4. The second kappa shape index (κ2) is 5.14. The van der Waals surface area contributed by atoms with E-state index in [1.54, 1.807) is 25.4 Å². The third kappa shape index (κ3) is 2.45. The summed E-state index contributed by atoms with van der Waals surface area (Å²) in [4.78, 5) is 11.2. The Morgan fingerprint density at radius 2 is 2.11 bits per heavy atom. The maximum atomic E-state index is 11.2. The van der Waals surface area contributed by atoms with Crippen molar-refractivity contribution in [3.63, 3.8) is 0 Å². The van der Waals surface area contributed by atoms with Gasteiger partial charge in [0.05, 0.1) is 12.8 Å². The van der Waals surface area contributed by atoms with Crippen molar-refractivity contribution in [2.24, 2.45) is 5.73 Å². The van der Waals surface area contributed by atoms with Crippen LogP contribution >= 0.6 is 0 Å². The van der Waals surface area contributed by atoms with Crippen molar-refractivity contribution in [3.8, 4) is 17.0 Å². The van der Waals surface area contributed by atoms with E-state index in [1.165, 1.54) is 0 Å². The lowest BCUT2D eigenvalue weighted by atomic mass is 10.1. The number of hydrogen-bond acceptors (Lipinski definition) is 3. The molecule has 0 radical (unpaired) electrons. The van der Waals surface area contributed by atoms with Gasteiger partial charge in [-0.1, -0.05) is 0 Å². The number of primary amides is 1. The Hall–Kier alpha value is -2.30. The summed E-state index contributed by atoms with van der Waals surface area (Å²) in [6.07, 6.45) is 1.75. The Morgan fingerprint density at radius 3 is 2.68 bits per heavy atom. The zero-order chi connectivity index (χ0) is 14.0. The topological polar surface area (TPSA) is 70.1 Å². The fourth-order valence-electron chi connectivity index (χ4n) is 2.00.